The van der Waals surface area contributed by atoms with Crippen LogP contribution in [0.25, 0.3) is 11.3 Å². The standard InChI is InChI=1S/C14H14N6O2S/c1-20-9-17-18-14(20)23-8-13(21)16-7-11-5-12(19-22-11)10-3-2-4-15-6-10/h2-6,9H,7-8H2,1H3,(H,16,21). The van der Waals surface area contributed by atoms with Gasteiger partial charge in [0.15, 0.2) is 10.9 Å². The number of nitrogens with zero attached hydrogens (tertiary/aromatic N) is 5. The first-order chi connectivity index (χ1) is 11.2. The summed E-state index contributed by atoms with van der Waals surface area (Å²) < 4.78 is 6.97. The van der Waals surface area contributed by atoms with E-state index in [1.165, 1.54) is 11.8 Å². The van der Waals surface area contributed by atoms with Crippen molar-refractivity contribution >= 4 is 17.7 Å². The molecule has 3 heterocycles. The Balaban J connectivity index is 1.50. The van der Waals surface area contributed by atoms with Gasteiger partial charge in [-0.15, -0.1) is 10.2 Å². The number of aryl methyl sites for hydroxylation is 1. The molecule has 9 heteroatoms. The molecule has 3 rings (SSSR count). The highest BCUT2D eigenvalue weighted by molar-refractivity contribution is 7.99. The molecule has 3 aromatic rings. The molecule has 1 N–H and O–H groups in total. The van der Waals surface area contributed by atoms with Gasteiger partial charge in [0.2, 0.25) is 5.91 Å². The zero-order valence-electron chi connectivity index (χ0n) is 12.3. The van der Waals surface area contributed by atoms with Gasteiger partial charge < -0.3 is 14.4 Å². The molecule has 0 aliphatic rings. The van der Waals surface area contributed by atoms with Gasteiger partial charge in [-0.2, -0.15) is 0 Å². The second kappa shape index (κ2) is 7.05. The number of carbonyl (C=O) groups is 1. The fourth-order valence-corrected chi connectivity index (χ4v) is 2.53. The van der Waals surface area contributed by atoms with Gasteiger partial charge in [-0.3, -0.25) is 9.78 Å². The number of hydrogen-bond acceptors (Lipinski definition) is 7. The highest BCUT2D eigenvalue weighted by Crippen LogP contribution is 2.17. The lowest BCUT2D eigenvalue weighted by Gasteiger charge is -2.02. The third kappa shape index (κ3) is 3.95. The second-order valence-corrected chi connectivity index (χ2v) is 5.65. The number of hydrogen-bond donors (Lipinski definition) is 1. The van der Waals surface area contributed by atoms with Gasteiger partial charge in [0, 0.05) is 31.1 Å². The van der Waals surface area contributed by atoms with Crippen LogP contribution in [-0.4, -0.2) is 36.6 Å². The van der Waals surface area contributed by atoms with Crippen LogP contribution < -0.4 is 5.32 Å². The second-order valence-electron chi connectivity index (χ2n) is 4.71. The lowest BCUT2D eigenvalue weighted by molar-refractivity contribution is -0.118. The Kier molecular flexibility index (Phi) is 4.67. The first-order valence-corrected chi connectivity index (χ1v) is 7.80. The summed E-state index contributed by atoms with van der Waals surface area (Å²) in [5.41, 5.74) is 1.56. The van der Waals surface area contributed by atoms with Crippen LogP contribution in [0.15, 0.2) is 46.6 Å². The molecule has 0 saturated heterocycles. The minimum absolute atomic E-state index is 0.114. The van der Waals surface area contributed by atoms with Crippen LogP contribution in [-0.2, 0) is 18.4 Å². The summed E-state index contributed by atoms with van der Waals surface area (Å²) in [5.74, 6) is 0.731. The molecule has 0 fully saturated rings. The van der Waals surface area contributed by atoms with Crippen molar-refractivity contribution < 1.29 is 9.32 Å². The Labute approximate surface area is 136 Å². The summed E-state index contributed by atoms with van der Waals surface area (Å²) in [7, 11) is 1.83. The molecule has 0 aromatic carbocycles. The van der Waals surface area contributed by atoms with E-state index in [0.717, 1.165) is 5.56 Å². The van der Waals surface area contributed by atoms with E-state index in [1.54, 1.807) is 29.4 Å². The average molecular weight is 330 g/mol. The topological polar surface area (TPSA) is 98.7 Å². The maximum Gasteiger partial charge on any atom is 0.230 e. The van der Waals surface area contributed by atoms with Crippen molar-refractivity contribution in [3.8, 4) is 11.3 Å². The van der Waals surface area contributed by atoms with Gasteiger partial charge >= 0.3 is 0 Å². The molecule has 8 nitrogen and oxygen atoms in total. The van der Waals surface area contributed by atoms with E-state index in [0.29, 0.717) is 16.6 Å². The van der Waals surface area contributed by atoms with Crippen LogP contribution in [0.5, 0.6) is 0 Å². The van der Waals surface area contributed by atoms with E-state index in [4.69, 9.17) is 4.52 Å². The zero-order chi connectivity index (χ0) is 16.1. The number of aromatic nitrogens is 5. The quantitative estimate of drug-likeness (QED) is 0.680. The van der Waals surface area contributed by atoms with Gasteiger partial charge in [-0.05, 0) is 12.1 Å². The molecule has 0 bridgehead atoms. The number of amides is 1. The molecule has 118 valence electrons. The maximum atomic E-state index is 11.8. The van der Waals surface area contributed by atoms with Crippen molar-refractivity contribution in [1.29, 1.82) is 0 Å². The summed E-state index contributed by atoms with van der Waals surface area (Å²) in [4.78, 5) is 15.9. The number of carbonyl (C=O) groups excluding carboxylic acids is 1. The summed E-state index contributed by atoms with van der Waals surface area (Å²) >= 11 is 1.32. The van der Waals surface area contributed by atoms with Crippen LogP contribution >= 0.6 is 11.8 Å². The molecule has 3 aromatic heterocycles. The maximum absolute atomic E-state index is 11.8. The molecule has 23 heavy (non-hydrogen) atoms. The molecule has 0 aliphatic heterocycles. The Morgan fingerprint density at radius 1 is 1.48 bits per heavy atom. The third-order valence-electron chi connectivity index (χ3n) is 2.98. The van der Waals surface area contributed by atoms with E-state index in [2.05, 4.69) is 25.7 Å². The SMILES string of the molecule is Cn1cnnc1SCC(=O)NCc1cc(-c2cccnc2)no1. The molecule has 0 spiro atoms. The highest BCUT2D eigenvalue weighted by Gasteiger charge is 2.10. The van der Waals surface area contributed by atoms with Gasteiger partial charge in [0.25, 0.3) is 0 Å². The number of pyridine rings is 1. The van der Waals surface area contributed by atoms with Crippen molar-refractivity contribution in [3.05, 3.63) is 42.7 Å². The van der Waals surface area contributed by atoms with E-state index < -0.39 is 0 Å². The van der Waals surface area contributed by atoms with Crippen LogP contribution in [0.4, 0.5) is 0 Å². The lowest BCUT2D eigenvalue weighted by atomic mass is 10.2. The molecule has 0 atom stereocenters. The third-order valence-corrected chi connectivity index (χ3v) is 4.01. The van der Waals surface area contributed by atoms with E-state index in [9.17, 15) is 4.79 Å². The molecule has 0 unspecified atom stereocenters. The molecule has 1 amide bonds. The van der Waals surface area contributed by atoms with Crippen LogP contribution in [0.1, 0.15) is 5.76 Å². The van der Waals surface area contributed by atoms with Gasteiger partial charge in [0.05, 0.1) is 12.3 Å². The molecule has 0 radical (unpaired) electrons. The monoisotopic (exact) mass is 330 g/mol. The minimum atomic E-state index is -0.114. The van der Waals surface area contributed by atoms with Crippen molar-refractivity contribution in [3.63, 3.8) is 0 Å². The van der Waals surface area contributed by atoms with Crippen molar-refractivity contribution in [1.82, 2.24) is 30.2 Å². The largest absolute Gasteiger partial charge is 0.359 e. The normalized spacial score (nSPS) is 10.7. The summed E-state index contributed by atoms with van der Waals surface area (Å²) in [6.07, 6.45) is 4.99. The first-order valence-electron chi connectivity index (χ1n) is 6.82. The van der Waals surface area contributed by atoms with Crippen molar-refractivity contribution in [2.75, 3.05) is 5.75 Å². The molecule has 0 aliphatic carbocycles. The van der Waals surface area contributed by atoms with Crippen LogP contribution in [0.3, 0.4) is 0 Å². The fourth-order valence-electron chi connectivity index (χ4n) is 1.82. The Morgan fingerprint density at radius 2 is 2.39 bits per heavy atom. The van der Waals surface area contributed by atoms with Crippen LogP contribution in [0.2, 0.25) is 0 Å². The zero-order valence-corrected chi connectivity index (χ0v) is 13.2. The predicted molar refractivity (Wildman–Crippen MR) is 83.3 cm³/mol. The van der Waals surface area contributed by atoms with Crippen molar-refractivity contribution in [2.24, 2.45) is 7.05 Å². The predicted octanol–water partition coefficient (Wildman–Crippen LogP) is 1.27. The van der Waals surface area contributed by atoms with Gasteiger partial charge in [0.1, 0.15) is 12.0 Å². The Morgan fingerprint density at radius 3 is 3.13 bits per heavy atom. The van der Waals surface area contributed by atoms with Crippen molar-refractivity contribution in [2.45, 2.75) is 11.7 Å². The number of nitrogens with one attached hydrogen (secondary N) is 1. The van der Waals surface area contributed by atoms with E-state index >= 15 is 0 Å². The fraction of sp³-hybridized carbons (Fsp3) is 0.214. The Hall–Kier alpha value is -2.68. The Bertz CT molecular complexity index is 785. The van der Waals surface area contributed by atoms with Gasteiger partial charge in [-0.25, -0.2) is 0 Å². The minimum Gasteiger partial charge on any atom is -0.359 e. The lowest BCUT2D eigenvalue weighted by Crippen LogP contribution is -2.24. The molecular formula is C14H14N6O2S. The number of rotatable bonds is 6. The highest BCUT2D eigenvalue weighted by atomic mass is 32.2. The molecular weight excluding hydrogens is 316 g/mol. The summed E-state index contributed by atoms with van der Waals surface area (Å²) in [6, 6.07) is 5.51. The average Bonchev–Trinajstić information content (AvgIpc) is 3.21. The number of thioether (sulfide) groups is 1. The van der Waals surface area contributed by atoms with Gasteiger partial charge in [-0.1, -0.05) is 16.9 Å². The van der Waals surface area contributed by atoms with Crippen LogP contribution in [0, 0.1) is 0 Å². The van der Waals surface area contributed by atoms with E-state index in [1.807, 2.05) is 19.2 Å². The summed E-state index contributed by atoms with van der Waals surface area (Å²) in [6.45, 7) is 0.283. The molecule has 0 saturated carbocycles. The van der Waals surface area contributed by atoms with E-state index in [-0.39, 0.29) is 18.2 Å². The summed E-state index contributed by atoms with van der Waals surface area (Å²) in [5, 5.41) is 15.1. The first kappa shape index (κ1) is 15.2. The smallest absolute Gasteiger partial charge is 0.230 e.